The van der Waals surface area contributed by atoms with Crippen LogP contribution in [-0.4, -0.2) is 73.3 Å². The molecule has 7 nitrogen and oxygen atoms in total. The van der Waals surface area contributed by atoms with Crippen molar-refractivity contribution in [1.29, 1.82) is 0 Å². The van der Waals surface area contributed by atoms with Crippen LogP contribution in [0.15, 0.2) is 35.2 Å². The van der Waals surface area contributed by atoms with Crippen molar-refractivity contribution >= 4 is 45.6 Å². The Bertz CT molecular complexity index is 773. The first kappa shape index (κ1) is 21.4. The molecule has 1 aliphatic heterocycles. The third-order valence-corrected chi connectivity index (χ3v) is 6.14. The summed E-state index contributed by atoms with van der Waals surface area (Å²) in [5, 5.41) is 5.71. The fourth-order valence-electron chi connectivity index (χ4n) is 2.36. The Balaban J connectivity index is 0.000000279. The Morgan fingerprint density at radius 1 is 1.44 bits per heavy atom. The van der Waals surface area contributed by atoms with Gasteiger partial charge in [-0.05, 0) is 31.1 Å². The molecular weight excluding hydrogens is 384 g/mol. The highest BCUT2D eigenvalue weighted by Gasteiger charge is 2.17. The van der Waals surface area contributed by atoms with Crippen LogP contribution >= 0.6 is 23.3 Å². The zero-order chi connectivity index (χ0) is 19.6. The largest absolute Gasteiger partial charge is 0.480 e. The average Bonchev–Trinajstić information content (AvgIpc) is 3.11. The number of fused-ring (bicyclic) bond motifs is 1. The van der Waals surface area contributed by atoms with Gasteiger partial charge in [-0.25, -0.2) is 9.29 Å². The fourth-order valence-corrected chi connectivity index (χ4v) is 4.53. The number of methoxy groups -OCH3 is 1. The van der Waals surface area contributed by atoms with Crippen molar-refractivity contribution < 1.29 is 14.3 Å². The number of thiophene rings is 1. The first-order valence-electron chi connectivity index (χ1n) is 8.44. The molecule has 1 aliphatic rings. The number of hydrogen-bond acceptors (Lipinski definition) is 8. The van der Waals surface area contributed by atoms with Gasteiger partial charge in [0, 0.05) is 48.0 Å². The number of carbonyl (C=O) groups is 2. The van der Waals surface area contributed by atoms with Crippen molar-refractivity contribution in [3.8, 4) is 5.88 Å². The number of rotatable bonds is 6. The molecule has 0 atom stereocenters. The molecule has 0 spiro atoms. The van der Waals surface area contributed by atoms with E-state index in [9.17, 15) is 9.59 Å². The molecule has 0 unspecified atom stereocenters. The topological polar surface area (TPSA) is 74.8 Å². The van der Waals surface area contributed by atoms with Gasteiger partial charge in [-0.3, -0.25) is 4.79 Å². The standard InChI is InChI=1S/C13H17N3OS2.C5H7NO2/c1-15-5-7-16(8-6-15)19-11-9-18-12-10(11)3-4-14-13(12)17-2;1-2-5(8)6-3-4-7/h3-4,9H,5-8H2,1-2H3;2,4H,1,3H2,(H,6,8). The van der Waals surface area contributed by atoms with Gasteiger partial charge in [0.05, 0.1) is 18.4 Å². The Morgan fingerprint density at radius 3 is 2.81 bits per heavy atom. The second-order valence-corrected chi connectivity index (χ2v) is 7.75. The quantitative estimate of drug-likeness (QED) is 0.445. The van der Waals surface area contributed by atoms with Gasteiger partial charge >= 0.3 is 0 Å². The first-order valence-corrected chi connectivity index (χ1v) is 10.1. The van der Waals surface area contributed by atoms with Crippen molar-refractivity contribution in [3.05, 3.63) is 30.3 Å². The summed E-state index contributed by atoms with van der Waals surface area (Å²) in [6.45, 7) is 7.75. The van der Waals surface area contributed by atoms with Gasteiger partial charge in [0.25, 0.3) is 0 Å². The molecule has 2 aromatic rings. The summed E-state index contributed by atoms with van der Waals surface area (Å²) in [5.74, 6) is 0.407. The molecule has 3 heterocycles. The van der Waals surface area contributed by atoms with Crippen LogP contribution in [0.5, 0.6) is 5.88 Å². The number of piperazine rings is 1. The van der Waals surface area contributed by atoms with Gasteiger partial charge in [-0.15, -0.1) is 11.3 Å². The highest BCUT2D eigenvalue weighted by molar-refractivity contribution is 7.97. The maximum absolute atomic E-state index is 10.2. The average molecular weight is 409 g/mol. The van der Waals surface area contributed by atoms with E-state index in [1.165, 1.54) is 10.3 Å². The van der Waals surface area contributed by atoms with Crippen LogP contribution < -0.4 is 10.1 Å². The van der Waals surface area contributed by atoms with Crippen molar-refractivity contribution in [2.24, 2.45) is 0 Å². The number of pyridine rings is 1. The molecule has 1 amide bonds. The van der Waals surface area contributed by atoms with Crippen LogP contribution in [0.4, 0.5) is 0 Å². The maximum Gasteiger partial charge on any atom is 0.243 e. The van der Waals surface area contributed by atoms with E-state index in [2.05, 4.69) is 44.6 Å². The third-order valence-electron chi connectivity index (χ3n) is 3.85. The van der Waals surface area contributed by atoms with Crippen LogP contribution in [0.1, 0.15) is 0 Å². The smallest absolute Gasteiger partial charge is 0.243 e. The van der Waals surface area contributed by atoms with E-state index in [0.717, 1.165) is 42.8 Å². The number of hydrogen-bond donors (Lipinski definition) is 1. The Kier molecular flexibility index (Phi) is 8.73. The molecular formula is C18H24N4O3S2. The van der Waals surface area contributed by atoms with E-state index in [-0.39, 0.29) is 12.5 Å². The van der Waals surface area contributed by atoms with Gasteiger partial charge in [-0.2, -0.15) is 0 Å². The lowest BCUT2D eigenvalue weighted by atomic mass is 10.3. The molecule has 27 heavy (non-hydrogen) atoms. The molecule has 0 saturated carbocycles. The Morgan fingerprint density at radius 2 is 2.19 bits per heavy atom. The minimum absolute atomic E-state index is 0.0604. The number of carbonyl (C=O) groups excluding carboxylic acids is 2. The van der Waals surface area contributed by atoms with Crippen LogP contribution in [0.2, 0.25) is 0 Å². The summed E-state index contributed by atoms with van der Waals surface area (Å²) >= 11 is 3.56. The predicted octanol–water partition coefficient (Wildman–Crippen LogP) is 2.05. The molecule has 3 rings (SSSR count). The minimum Gasteiger partial charge on any atom is -0.480 e. The zero-order valence-corrected chi connectivity index (χ0v) is 17.1. The van der Waals surface area contributed by atoms with Gasteiger partial charge in [0.15, 0.2) is 0 Å². The number of likely N-dealkylation sites (N-methyl/N-ethyl adjacent to an activating group) is 1. The minimum atomic E-state index is -0.322. The highest BCUT2D eigenvalue weighted by Crippen LogP contribution is 2.38. The van der Waals surface area contributed by atoms with Crippen LogP contribution in [-0.2, 0) is 9.59 Å². The number of nitrogens with one attached hydrogen (secondary N) is 1. The van der Waals surface area contributed by atoms with Crippen LogP contribution in [0.3, 0.4) is 0 Å². The Labute approximate surface area is 167 Å². The van der Waals surface area contributed by atoms with E-state index in [1.54, 1.807) is 18.4 Å². The molecule has 2 aromatic heterocycles. The van der Waals surface area contributed by atoms with E-state index in [0.29, 0.717) is 6.29 Å². The molecule has 9 heteroatoms. The maximum atomic E-state index is 10.2. The number of nitrogens with zero attached hydrogens (tertiary/aromatic N) is 3. The van der Waals surface area contributed by atoms with Crippen molar-refractivity contribution in [2.75, 3.05) is 46.9 Å². The van der Waals surface area contributed by atoms with Gasteiger partial charge in [0.2, 0.25) is 11.8 Å². The van der Waals surface area contributed by atoms with Crippen LogP contribution in [0.25, 0.3) is 10.1 Å². The van der Waals surface area contributed by atoms with Gasteiger partial charge < -0.3 is 19.7 Å². The number of aromatic nitrogens is 1. The second kappa shape index (κ2) is 11.0. The lowest BCUT2D eigenvalue weighted by Crippen LogP contribution is -2.40. The van der Waals surface area contributed by atoms with E-state index >= 15 is 0 Å². The van der Waals surface area contributed by atoms with Crippen molar-refractivity contribution in [3.63, 3.8) is 0 Å². The molecule has 0 radical (unpaired) electrons. The van der Waals surface area contributed by atoms with E-state index in [1.807, 2.05) is 18.1 Å². The summed E-state index contributed by atoms with van der Waals surface area (Å²) in [6.07, 6.45) is 3.55. The fraction of sp³-hybridized carbons (Fsp3) is 0.389. The molecule has 1 fully saturated rings. The third kappa shape index (κ3) is 6.31. The Hall–Kier alpha value is -1.94. The summed E-state index contributed by atoms with van der Waals surface area (Å²) in [6, 6.07) is 2.08. The normalized spacial score (nSPS) is 14.9. The predicted molar refractivity (Wildman–Crippen MR) is 110 cm³/mol. The number of aldehydes is 1. The first-order chi connectivity index (χ1) is 13.1. The number of amides is 1. The van der Waals surface area contributed by atoms with Gasteiger partial charge in [0.1, 0.15) is 6.29 Å². The monoisotopic (exact) mass is 408 g/mol. The summed E-state index contributed by atoms with van der Waals surface area (Å²) in [7, 11) is 3.85. The molecule has 146 valence electrons. The van der Waals surface area contributed by atoms with E-state index < -0.39 is 0 Å². The SMILES string of the molecule is C=CC(=O)NCC=O.COc1nccc2c(SN3CCN(C)CC3)csc12. The lowest BCUT2D eigenvalue weighted by Gasteiger charge is -2.31. The van der Waals surface area contributed by atoms with E-state index in [4.69, 9.17) is 4.74 Å². The highest BCUT2D eigenvalue weighted by atomic mass is 32.2. The lowest BCUT2D eigenvalue weighted by molar-refractivity contribution is -0.118. The second-order valence-electron chi connectivity index (χ2n) is 5.74. The van der Waals surface area contributed by atoms with Gasteiger partial charge in [-0.1, -0.05) is 6.58 Å². The summed E-state index contributed by atoms with van der Waals surface area (Å²) in [5.41, 5.74) is 0. The summed E-state index contributed by atoms with van der Waals surface area (Å²) < 4.78 is 8.89. The molecule has 1 N–H and O–H groups in total. The summed E-state index contributed by atoms with van der Waals surface area (Å²) in [4.78, 5) is 27.7. The van der Waals surface area contributed by atoms with Crippen molar-refractivity contribution in [2.45, 2.75) is 4.90 Å². The molecule has 0 bridgehead atoms. The van der Waals surface area contributed by atoms with Crippen LogP contribution in [0, 0.1) is 0 Å². The molecule has 0 aliphatic carbocycles. The molecule has 0 aromatic carbocycles. The zero-order valence-electron chi connectivity index (χ0n) is 15.5. The molecule has 1 saturated heterocycles. The number of ether oxygens (including phenoxy) is 1. The van der Waals surface area contributed by atoms with Crippen molar-refractivity contribution in [1.82, 2.24) is 19.5 Å².